The van der Waals surface area contributed by atoms with Gasteiger partial charge in [-0.1, -0.05) is 0 Å². The predicted molar refractivity (Wildman–Crippen MR) is 81.6 cm³/mol. The summed E-state index contributed by atoms with van der Waals surface area (Å²) in [5.41, 5.74) is 5.32. The molecule has 1 fully saturated rings. The van der Waals surface area contributed by atoms with Crippen molar-refractivity contribution in [3.05, 3.63) is 27.8 Å². The highest BCUT2D eigenvalue weighted by molar-refractivity contribution is 5.93. The molecule has 10 nitrogen and oxygen atoms in total. The third-order valence-corrected chi connectivity index (χ3v) is 3.68. The number of carbonyl (C=O) groups is 1. The van der Waals surface area contributed by atoms with Crippen LogP contribution in [0.3, 0.4) is 0 Å². The molecule has 0 aliphatic carbocycles. The van der Waals surface area contributed by atoms with Crippen LogP contribution in [0.1, 0.15) is 18.7 Å². The Morgan fingerprint density at radius 2 is 2.17 bits per heavy atom. The Hall–Kier alpha value is -2.27. The zero-order valence-corrected chi connectivity index (χ0v) is 13.1. The van der Waals surface area contributed by atoms with E-state index in [2.05, 4.69) is 9.72 Å². The van der Waals surface area contributed by atoms with Gasteiger partial charge in [-0.25, -0.2) is 9.59 Å². The van der Waals surface area contributed by atoms with Crippen molar-refractivity contribution >= 4 is 17.9 Å². The minimum absolute atomic E-state index is 0.119. The summed E-state index contributed by atoms with van der Waals surface area (Å²) < 4.78 is 10.8. The summed E-state index contributed by atoms with van der Waals surface area (Å²) in [6, 6.07) is 0. The number of aliphatic hydroxyl groups excluding tert-OH is 3. The number of aromatic nitrogens is 2. The van der Waals surface area contributed by atoms with E-state index in [9.17, 15) is 19.8 Å². The highest BCUT2D eigenvalue weighted by atomic mass is 16.6. The summed E-state index contributed by atoms with van der Waals surface area (Å²) in [5.74, 6) is -0.702. The van der Waals surface area contributed by atoms with Crippen LogP contribution < -0.4 is 11.4 Å². The minimum atomic E-state index is -1.44. The van der Waals surface area contributed by atoms with Crippen LogP contribution in [-0.2, 0) is 14.3 Å². The van der Waals surface area contributed by atoms with Gasteiger partial charge in [-0.2, -0.15) is 4.98 Å². The number of nitrogens with two attached hydrogens (primary N) is 1. The quantitative estimate of drug-likeness (QED) is 0.359. The van der Waals surface area contributed by atoms with E-state index < -0.39 is 42.8 Å². The number of esters is 1. The molecule has 24 heavy (non-hydrogen) atoms. The van der Waals surface area contributed by atoms with Crippen LogP contribution in [0.15, 0.2) is 16.6 Å². The largest absolute Gasteiger partial charge is 0.466 e. The smallest absolute Gasteiger partial charge is 0.351 e. The lowest BCUT2D eigenvalue weighted by molar-refractivity contribution is -0.135. The molecule has 4 atom stereocenters. The van der Waals surface area contributed by atoms with Gasteiger partial charge in [-0.15, -0.1) is 0 Å². The lowest BCUT2D eigenvalue weighted by atomic mass is 10.1. The third-order valence-electron chi connectivity index (χ3n) is 3.68. The maximum absolute atomic E-state index is 12.0. The van der Waals surface area contributed by atoms with Gasteiger partial charge in [-0.3, -0.25) is 4.57 Å². The molecule has 2 heterocycles. The third kappa shape index (κ3) is 3.31. The average molecular weight is 341 g/mol. The topological polar surface area (TPSA) is 157 Å². The van der Waals surface area contributed by atoms with Crippen molar-refractivity contribution in [2.75, 3.05) is 19.5 Å². The first-order chi connectivity index (χ1) is 11.3. The Morgan fingerprint density at radius 3 is 2.71 bits per heavy atom. The highest BCUT2D eigenvalue weighted by Gasteiger charge is 2.43. The molecule has 1 aromatic heterocycles. The first kappa shape index (κ1) is 18.1. The molecule has 1 aliphatic rings. The fourth-order valence-electron chi connectivity index (χ4n) is 2.35. The molecule has 1 aliphatic heterocycles. The molecule has 0 unspecified atom stereocenters. The van der Waals surface area contributed by atoms with Gasteiger partial charge >= 0.3 is 11.7 Å². The second-order valence-electron chi connectivity index (χ2n) is 5.32. The van der Waals surface area contributed by atoms with Crippen LogP contribution in [0.2, 0.25) is 0 Å². The molecule has 1 saturated heterocycles. The van der Waals surface area contributed by atoms with Gasteiger partial charge in [-0.05, 0) is 13.0 Å². The van der Waals surface area contributed by atoms with E-state index >= 15 is 0 Å². The second kappa shape index (κ2) is 7.09. The molecule has 2 rings (SSSR count). The molecular weight excluding hydrogens is 322 g/mol. The number of anilines is 1. The van der Waals surface area contributed by atoms with E-state index in [4.69, 9.17) is 15.6 Å². The molecule has 132 valence electrons. The average Bonchev–Trinajstić information content (AvgIpc) is 2.84. The predicted octanol–water partition coefficient (Wildman–Crippen LogP) is -1.99. The number of carbonyl (C=O) groups excluding carboxylic acids is 1. The van der Waals surface area contributed by atoms with Gasteiger partial charge < -0.3 is 30.5 Å². The van der Waals surface area contributed by atoms with E-state index in [0.717, 1.165) is 4.57 Å². The van der Waals surface area contributed by atoms with Crippen molar-refractivity contribution in [2.24, 2.45) is 0 Å². The van der Waals surface area contributed by atoms with Crippen molar-refractivity contribution in [1.29, 1.82) is 0 Å². The van der Waals surface area contributed by atoms with Gasteiger partial charge in [0.1, 0.15) is 24.1 Å². The lowest BCUT2D eigenvalue weighted by Gasteiger charge is -2.18. The molecule has 0 aromatic carbocycles. The van der Waals surface area contributed by atoms with E-state index in [1.807, 2.05) is 0 Å². The fraction of sp³-hybridized carbons (Fsp3) is 0.500. The Bertz CT molecular complexity index is 715. The minimum Gasteiger partial charge on any atom is -0.466 e. The summed E-state index contributed by atoms with van der Waals surface area (Å²) >= 11 is 0. The number of nitrogen functional groups attached to an aromatic ring is 1. The van der Waals surface area contributed by atoms with E-state index in [-0.39, 0.29) is 17.0 Å². The molecule has 0 radical (unpaired) electrons. The standard InChI is InChI=1S/C14H19N3O7/c1-6(13(21)23-2)3-7-4-17(14(22)16-11(7)15)12-10(20)9(19)8(5-18)24-12/h3-4,8-10,12,18-20H,5H2,1-2H3,(H2,15,16,22)/t8-,9-,10+,12-/m1/s1. The summed E-state index contributed by atoms with van der Waals surface area (Å²) in [5, 5.41) is 28.9. The Morgan fingerprint density at radius 1 is 1.50 bits per heavy atom. The van der Waals surface area contributed by atoms with E-state index in [1.165, 1.54) is 26.3 Å². The number of aliphatic hydroxyl groups is 3. The highest BCUT2D eigenvalue weighted by Crippen LogP contribution is 2.28. The first-order valence-electron chi connectivity index (χ1n) is 7.07. The second-order valence-corrected chi connectivity index (χ2v) is 5.32. The fourth-order valence-corrected chi connectivity index (χ4v) is 2.35. The number of methoxy groups -OCH3 is 1. The van der Waals surface area contributed by atoms with Crippen molar-refractivity contribution in [2.45, 2.75) is 31.5 Å². The number of ether oxygens (including phenoxy) is 2. The normalized spacial score (nSPS) is 27.3. The van der Waals surface area contributed by atoms with Crippen LogP contribution in [-0.4, -0.2) is 62.9 Å². The molecule has 0 spiro atoms. The molecule has 0 saturated carbocycles. The number of hydrogen-bond donors (Lipinski definition) is 4. The molecule has 1 aromatic rings. The monoisotopic (exact) mass is 341 g/mol. The van der Waals surface area contributed by atoms with Gasteiger partial charge in [0.05, 0.1) is 13.7 Å². The van der Waals surface area contributed by atoms with Crippen LogP contribution in [0.5, 0.6) is 0 Å². The van der Waals surface area contributed by atoms with Crippen LogP contribution in [0.4, 0.5) is 5.82 Å². The zero-order valence-electron chi connectivity index (χ0n) is 13.1. The van der Waals surface area contributed by atoms with E-state index in [0.29, 0.717) is 0 Å². The summed E-state index contributed by atoms with van der Waals surface area (Å²) in [6.07, 6.45) is -2.47. The molecule has 10 heteroatoms. The van der Waals surface area contributed by atoms with E-state index in [1.54, 1.807) is 0 Å². The van der Waals surface area contributed by atoms with Crippen molar-refractivity contribution in [3.8, 4) is 0 Å². The van der Waals surface area contributed by atoms with Gasteiger partial charge in [0.2, 0.25) is 0 Å². The van der Waals surface area contributed by atoms with Gasteiger partial charge in [0.15, 0.2) is 6.23 Å². The first-order valence-corrected chi connectivity index (χ1v) is 7.07. The zero-order chi connectivity index (χ0) is 18.0. The Kier molecular flexibility index (Phi) is 5.34. The van der Waals surface area contributed by atoms with Crippen LogP contribution in [0, 0.1) is 0 Å². The van der Waals surface area contributed by atoms with Gasteiger partial charge in [0, 0.05) is 17.3 Å². The lowest BCUT2D eigenvalue weighted by Crippen LogP contribution is -2.36. The number of nitrogens with zero attached hydrogens (tertiary/aromatic N) is 2. The van der Waals surface area contributed by atoms with Crippen LogP contribution in [0.25, 0.3) is 6.08 Å². The maximum atomic E-state index is 12.0. The van der Waals surface area contributed by atoms with Crippen molar-refractivity contribution < 1.29 is 29.6 Å². The maximum Gasteiger partial charge on any atom is 0.351 e. The number of hydrogen-bond acceptors (Lipinski definition) is 9. The Labute approximate surface area is 136 Å². The molecule has 5 N–H and O–H groups in total. The number of rotatable bonds is 4. The molecular formula is C14H19N3O7. The SMILES string of the molecule is COC(=O)C(C)=Cc1cn([C@@H]2O[C@H](CO)[C@@H](O)[C@@H]2O)c(=O)nc1N. The van der Waals surface area contributed by atoms with Gasteiger partial charge in [0.25, 0.3) is 0 Å². The Balaban J connectivity index is 2.44. The van der Waals surface area contributed by atoms with Crippen LogP contribution >= 0.6 is 0 Å². The summed E-state index contributed by atoms with van der Waals surface area (Å²) in [7, 11) is 1.22. The summed E-state index contributed by atoms with van der Waals surface area (Å²) in [4.78, 5) is 27.1. The van der Waals surface area contributed by atoms with Crippen molar-refractivity contribution in [1.82, 2.24) is 9.55 Å². The molecule has 0 bridgehead atoms. The summed E-state index contributed by atoms with van der Waals surface area (Å²) in [6.45, 7) is 0.966. The molecule has 0 amide bonds. The van der Waals surface area contributed by atoms with Crippen molar-refractivity contribution in [3.63, 3.8) is 0 Å².